The van der Waals surface area contributed by atoms with Gasteiger partial charge in [0.15, 0.2) is 5.82 Å². The number of nitrogens with one attached hydrogen (secondary N) is 1. The summed E-state index contributed by atoms with van der Waals surface area (Å²) in [6, 6.07) is 6.36. The summed E-state index contributed by atoms with van der Waals surface area (Å²) in [6.07, 6.45) is 6.19. The van der Waals surface area contributed by atoms with E-state index in [9.17, 15) is 4.39 Å². The Balaban J connectivity index is 1.67. The van der Waals surface area contributed by atoms with E-state index in [1.165, 1.54) is 35.4 Å². The monoisotopic (exact) mass is 410 g/mol. The van der Waals surface area contributed by atoms with E-state index in [4.69, 9.17) is 0 Å². The number of aromatic nitrogens is 2. The van der Waals surface area contributed by atoms with E-state index in [0.717, 1.165) is 40.2 Å². The molecule has 6 heteroatoms. The second kappa shape index (κ2) is 7.82. The smallest absolute Gasteiger partial charge is 0.158 e. The molecule has 2 aromatic heterocycles. The Morgan fingerprint density at radius 1 is 1.28 bits per heavy atom. The highest BCUT2D eigenvalue weighted by molar-refractivity contribution is 7.19. The summed E-state index contributed by atoms with van der Waals surface area (Å²) in [5.41, 5.74) is 6.53. The number of hydrogen-bond acceptors (Lipinski definition) is 5. The Bertz CT molecular complexity index is 1050. The first-order valence-electron chi connectivity index (χ1n) is 10.2. The molecule has 0 amide bonds. The molecular formula is C23H27FN4S. The lowest BCUT2D eigenvalue weighted by Gasteiger charge is -2.36. The third-order valence-electron chi connectivity index (χ3n) is 6.45. The highest BCUT2D eigenvalue weighted by Gasteiger charge is 2.33. The number of aryl methyl sites for hydroxylation is 1. The molecule has 4 rings (SSSR count). The Morgan fingerprint density at radius 3 is 2.76 bits per heavy atom. The molecule has 1 N–H and O–H groups in total. The molecule has 4 nitrogen and oxygen atoms in total. The van der Waals surface area contributed by atoms with Gasteiger partial charge in [0, 0.05) is 4.88 Å². The molecule has 0 aliphatic heterocycles. The number of hydrazone groups is 1. The van der Waals surface area contributed by atoms with Gasteiger partial charge in [-0.15, -0.1) is 11.3 Å². The minimum Gasteiger partial charge on any atom is -0.260 e. The molecule has 152 valence electrons. The Labute approximate surface area is 175 Å². The van der Waals surface area contributed by atoms with Crippen molar-refractivity contribution in [1.29, 1.82) is 0 Å². The lowest BCUT2D eigenvalue weighted by Crippen LogP contribution is -2.28. The van der Waals surface area contributed by atoms with Crippen molar-refractivity contribution in [2.45, 2.75) is 53.4 Å². The van der Waals surface area contributed by atoms with Crippen molar-refractivity contribution in [3.05, 3.63) is 52.4 Å². The van der Waals surface area contributed by atoms with Crippen molar-refractivity contribution in [3.63, 3.8) is 0 Å². The zero-order valence-corrected chi connectivity index (χ0v) is 18.2. The predicted octanol–water partition coefficient (Wildman–Crippen LogP) is 6.21. The molecule has 0 radical (unpaired) electrons. The molecule has 1 atom stereocenters. The minimum absolute atomic E-state index is 0.249. The maximum atomic E-state index is 13.2. The second-order valence-electron chi connectivity index (χ2n) is 8.50. The van der Waals surface area contributed by atoms with Crippen LogP contribution in [0.15, 0.2) is 35.7 Å². The van der Waals surface area contributed by atoms with Crippen LogP contribution in [0.1, 0.15) is 56.5 Å². The van der Waals surface area contributed by atoms with Crippen LogP contribution < -0.4 is 5.43 Å². The number of rotatable bonds is 5. The third-order valence-corrected chi connectivity index (χ3v) is 7.65. The van der Waals surface area contributed by atoms with Gasteiger partial charge >= 0.3 is 0 Å². The molecule has 0 spiro atoms. The van der Waals surface area contributed by atoms with E-state index in [2.05, 4.69) is 41.3 Å². The molecular weight excluding hydrogens is 383 g/mol. The van der Waals surface area contributed by atoms with E-state index < -0.39 is 0 Å². The fourth-order valence-electron chi connectivity index (χ4n) is 4.04. The lowest BCUT2D eigenvalue weighted by molar-refractivity contribution is 0.184. The fourth-order valence-corrected chi connectivity index (χ4v) is 5.22. The average Bonchev–Trinajstić information content (AvgIpc) is 3.11. The summed E-state index contributed by atoms with van der Waals surface area (Å²) in [5.74, 6) is 1.17. The van der Waals surface area contributed by atoms with Crippen LogP contribution in [0.25, 0.3) is 10.2 Å². The fraction of sp³-hybridized carbons (Fsp3) is 0.435. The molecule has 0 fully saturated rings. The Morgan fingerprint density at radius 2 is 2.03 bits per heavy atom. The van der Waals surface area contributed by atoms with Gasteiger partial charge in [0.05, 0.1) is 11.1 Å². The maximum absolute atomic E-state index is 13.2. The summed E-state index contributed by atoms with van der Waals surface area (Å²) in [5, 5.41) is 5.63. The van der Waals surface area contributed by atoms with Gasteiger partial charge in [-0.25, -0.2) is 14.4 Å². The van der Waals surface area contributed by atoms with E-state index in [-0.39, 0.29) is 5.82 Å². The van der Waals surface area contributed by atoms with Crippen LogP contribution in [-0.4, -0.2) is 15.7 Å². The van der Waals surface area contributed by atoms with Gasteiger partial charge < -0.3 is 0 Å². The third kappa shape index (κ3) is 3.90. The van der Waals surface area contributed by atoms with Crippen LogP contribution in [0.4, 0.5) is 10.2 Å². The number of hydrogen-bond donors (Lipinski definition) is 1. The molecule has 0 saturated heterocycles. The average molecular weight is 411 g/mol. The summed E-state index contributed by atoms with van der Waals surface area (Å²) < 4.78 is 13.2. The highest BCUT2D eigenvalue weighted by atomic mass is 32.1. The number of thiophene rings is 1. The number of benzene rings is 1. The molecule has 1 aromatic carbocycles. The number of anilines is 1. The summed E-state index contributed by atoms with van der Waals surface area (Å²) in [6.45, 7) is 8.94. The first-order valence-corrected chi connectivity index (χ1v) is 11.0. The molecule has 0 bridgehead atoms. The molecule has 2 heterocycles. The maximum Gasteiger partial charge on any atom is 0.158 e. The van der Waals surface area contributed by atoms with Gasteiger partial charge in [-0.3, -0.25) is 5.43 Å². The van der Waals surface area contributed by atoms with Crippen molar-refractivity contribution < 1.29 is 4.39 Å². The topological polar surface area (TPSA) is 50.2 Å². The van der Waals surface area contributed by atoms with Gasteiger partial charge in [-0.1, -0.05) is 39.3 Å². The number of fused-ring (bicyclic) bond motifs is 3. The predicted molar refractivity (Wildman–Crippen MR) is 119 cm³/mol. The van der Waals surface area contributed by atoms with Crippen LogP contribution in [0.3, 0.4) is 0 Å². The van der Waals surface area contributed by atoms with Gasteiger partial charge in [0.25, 0.3) is 0 Å². The Kier molecular flexibility index (Phi) is 5.38. The number of nitrogens with zero attached hydrogens (tertiary/aromatic N) is 3. The normalized spacial score (nSPS) is 17.4. The van der Waals surface area contributed by atoms with E-state index >= 15 is 0 Å². The summed E-state index contributed by atoms with van der Waals surface area (Å²) in [4.78, 5) is 11.5. The molecule has 3 aromatic rings. The van der Waals surface area contributed by atoms with Crippen LogP contribution >= 0.6 is 11.3 Å². The quantitative estimate of drug-likeness (QED) is 0.402. The Hall–Kier alpha value is -2.34. The van der Waals surface area contributed by atoms with Crippen molar-refractivity contribution in [3.8, 4) is 0 Å². The first kappa shape index (κ1) is 20.0. The summed E-state index contributed by atoms with van der Waals surface area (Å²) in [7, 11) is 0. The van der Waals surface area contributed by atoms with Gasteiger partial charge in [0.1, 0.15) is 17.0 Å². The van der Waals surface area contributed by atoms with E-state index in [0.29, 0.717) is 11.3 Å². The van der Waals surface area contributed by atoms with Crippen LogP contribution in [0, 0.1) is 17.2 Å². The first-order chi connectivity index (χ1) is 13.9. The van der Waals surface area contributed by atoms with Gasteiger partial charge in [-0.2, -0.15) is 5.10 Å². The molecule has 0 saturated carbocycles. The van der Waals surface area contributed by atoms with Gasteiger partial charge in [-0.05, 0) is 60.8 Å². The van der Waals surface area contributed by atoms with Crippen LogP contribution in [0.5, 0.6) is 0 Å². The molecule has 1 aliphatic carbocycles. The van der Waals surface area contributed by atoms with E-state index in [1.807, 2.05) is 6.92 Å². The lowest BCUT2D eigenvalue weighted by atomic mass is 9.69. The largest absolute Gasteiger partial charge is 0.260 e. The SMILES string of the molecule is CCC(C)(C)[C@@H]1CCc2sc3ncnc(N/N=C(/C)c4ccc(F)cc4)c3c2C1. The van der Waals surface area contributed by atoms with Crippen molar-refractivity contribution in [1.82, 2.24) is 9.97 Å². The summed E-state index contributed by atoms with van der Waals surface area (Å²) >= 11 is 1.79. The van der Waals surface area contributed by atoms with Crippen LogP contribution in [0.2, 0.25) is 0 Å². The zero-order chi connectivity index (χ0) is 20.6. The van der Waals surface area contributed by atoms with Crippen LogP contribution in [-0.2, 0) is 12.8 Å². The molecule has 29 heavy (non-hydrogen) atoms. The zero-order valence-electron chi connectivity index (χ0n) is 17.4. The standard InChI is InChI=1S/C23H27FN4S/c1-5-23(3,4)16-8-11-19-18(12-16)20-21(25-13-26-22(20)29-19)28-27-14(2)15-6-9-17(24)10-7-15/h6-7,9-10,13,16H,5,8,11-12H2,1-4H3,(H,25,26,28)/b27-14-/t16-/m1/s1. The second-order valence-corrected chi connectivity index (χ2v) is 9.59. The van der Waals surface area contributed by atoms with Crippen molar-refractivity contribution >= 4 is 33.1 Å². The van der Waals surface area contributed by atoms with E-state index in [1.54, 1.807) is 29.8 Å². The molecule has 0 unspecified atom stereocenters. The minimum atomic E-state index is -0.249. The highest BCUT2D eigenvalue weighted by Crippen LogP contribution is 2.45. The number of halogens is 1. The van der Waals surface area contributed by atoms with Crippen molar-refractivity contribution in [2.75, 3.05) is 5.43 Å². The van der Waals surface area contributed by atoms with Crippen molar-refractivity contribution in [2.24, 2.45) is 16.4 Å². The molecule has 1 aliphatic rings. The van der Waals surface area contributed by atoms with Gasteiger partial charge in [0.2, 0.25) is 0 Å².